The molecule has 0 aromatic carbocycles. The Morgan fingerprint density at radius 3 is 2.67 bits per heavy atom. The highest BCUT2D eigenvalue weighted by atomic mass is 16.7. The zero-order chi connectivity index (χ0) is 6.95. The van der Waals surface area contributed by atoms with Gasteiger partial charge in [-0.2, -0.15) is 0 Å². The molecule has 0 saturated heterocycles. The van der Waals surface area contributed by atoms with Crippen LogP contribution in [0, 0.1) is 6.92 Å². The van der Waals surface area contributed by atoms with E-state index in [2.05, 4.69) is 6.92 Å². The number of hydrogen-bond acceptors (Lipinski definition) is 2. The molecule has 2 heteroatoms. The van der Waals surface area contributed by atoms with Gasteiger partial charge in [0, 0.05) is 13.2 Å². The average molecular weight is 131 g/mol. The van der Waals surface area contributed by atoms with Crippen LogP contribution in [0.4, 0.5) is 0 Å². The highest BCUT2D eigenvalue weighted by Crippen LogP contribution is 1.86. The Labute approximate surface area is 57.2 Å². The van der Waals surface area contributed by atoms with Crippen LogP contribution in [0.1, 0.15) is 19.8 Å². The zero-order valence-corrected chi connectivity index (χ0v) is 6.06. The summed E-state index contributed by atoms with van der Waals surface area (Å²) in [6, 6.07) is 0. The van der Waals surface area contributed by atoms with Crippen LogP contribution in [0.5, 0.6) is 0 Å². The molecule has 0 aromatic heterocycles. The second kappa shape index (κ2) is 7.92. The van der Waals surface area contributed by atoms with Gasteiger partial charge in [-0.1, -0.05) is 13.3 Å². The van der Waals surface area contributed by atoms with Crippen LogP contribution in [-0.4, -0.2) is 20.0 Å². The van der Waals surface area contributed by atoms with E-state index >= 15 is 0 Å². The third-order valence-electron chi connectivity index (χ3n) is 0.909. The quantitative estimate of drug-likeness (QED) is 0.403. The molecule has 0 N–H and O–H groups in total. The third kappa shape index (κ3) is 7.92. The van der Waals surface area contributed by atoms with Crippen LogP contribution in [0.15, 0.2) is 0 Å². The molecule has 0 spiro atoms. The topological polar surface area (TPSA) is 18.5 Å². The van der Waals surface area contributed by atoms with Crippen LogP contribution < -0.4 is 0 Å². The Morgan fingerprint density at radius 1 is 1.33 bits per heavy atom. The van der Waals surface area contributed by atoms with Gasteiger partial charge in [0.15, 0.2) is 0 Å². The predicted octanol–water partition coefficient (Wildman–Crippen LogP) is 1.61. The van der Waals surface area contributed by atoms with Gasteiger partial charge in [-0.3, -0.25) is 0 Å². The van der Waals surface area contributed by atoms with Crippen molar-refractivity contribution in [1.29, 1.82) is 0 Å². The number of hydrogen-bond donors (Lipinski definition) is 0. The summed E-state index contributed by atoms with van der Waals surface area (Å²) >= 11 is 0. The van der Waals surface area contributed by atoms with Crippen LogP contribution in [-0.2, 0) is 9.47 Å². The third-order valence-corrected chi connectivity index (χ3v) is 0.909. The predicted molar refractivity (Wildman–Crippen MR) is 37.0 cm³/mol. The molecule has 0 heterocycles. The van der Waals surface area contributed by atoms with Crippen molar-refractivity contribution in [1.82, 2.24) is 0 Å². The summed E-state index contributed by atoms with van der Waals surface area (Å²) in [5.74, 6) is 0. The molecule has 9 heavy (non-hydrogen) atoms. The zero-order valence-electron chi connectivity index (χ0n) is 6.06. The van der Waals surface area contributed by atoms with Gasteiger partial charge in [-0.15, -0.1) is 0 Å². The van der Waals surface area contributed by atoms with E-state index in [4.69, 9.17) is 9.47 Å². The monoisotopic (exact) mass is 131 g/mol. The minimum Gasteiger partial charge on any atom is -0.356 e. The summed E-state index contributed by atoms with van der Waals surface area (Å²) in [4.78, 5) is 0. The standard InChI is InChI=1S/C7H15O2/c1-3-5-6-9-7-8-4-2/h1,3-7H2,2H3. The van der Waals surface area contributed by atoms with Crippen LogP contribution >= 0.6 is 0 Å². The fourth-order valence-electron chi connectivity index (χ4n) is 0.405. The molecule has 0 aromatic rings. The lowest BCUT2D eigenvalue weighted by Crippen LogP contribution is -2.00. The normalized spacial score (nSPS) is 10.0. The molecule has 0 aliphatic rings. The molecule has 0 aliphatic carbocycles. The van der Waals surface area contributed by atoms with Gasteiger partial charge in [-0.05, 0) is 13.3 Å². The highest BCUT2D eigenvalue weighted by molar-refractivity contribution is 4.37. The SMILES string of the molecule is [CH2]CCCOCOCC. The molecule has 0 unspecified atom stereocenters. The first kappa shape index (κ1) is 8.92. The molecule has 1 radical (unpaired) electrons. The molecule has 0 fully saturated rings. The van der Waals surface area contributed by atoms with Gasteiger partial charge in [0.05, 0.1) is 0 Å². The lowest BCUT2D eigenvalue weighted by molar-refractivity contribution is -0.0496. The molecule has 55 valence electrons. The summed E-state index contributed by atoms with van der Waals surface area (Å²) in [7, 11) is 0. The minimum absolute atomic E-state index is 0.427. The van der Waals surface area contributed by atoms with Crippen molar-refractivity contribution in [3.63, 3.8) is 0 Å². The lowest BCUT2D eigenvalue weighted by atomic mass is 10.4. The lowest BCUT2D eigenvalue weighted by Gasteiger charge is -2.00. The van der Waals surface area contributed by atoms with E-state index < -0.39 is 0 Å². The highest BCUT2D eigenvalue weighted by Gasteiger charge is 1.83. The Balaban J connectivity index is 2.60. The van der Waals surface area contributed by atoms with Gasteiger partial charge >= 0.3 is 0 Å². The molecular formula is C7H15O2. The minimum atomic E-state index is 0.427. The molecule has 0 aliphatic heterocycles. The summed E-state index contributed by atoms with van der Waals surface area (Å²) < 4.78 is 9.99. The van der Waals surface area contributed by atoms with Gasteiger partial charge in [0.2, 0.25) is 0 Å². The Bertz CT molecular complexity index is 40.2. The second-order valence-corrected chi connectivity index (χ2v) is 1.73. The van der Waals surface area contributed by atoms with E-state index in [1.54, 1.807) is 0 Å². The first-order valence-electron chi connectivity index (χ1n) is 3.36. The summed E-state index contributed by atoms with van der Waals surface area (Å²) in [6.45, 7) is 7.55. The number of rotatable bonds is 6. The molecule has 0 amide bonds. The second-order valence-electron chi connectivity index (χ2n) is 1.73. The van der Waals surface area contributed by atoms with Crippen LogP contribution in [0.25, 0.3) is 0 Å². The first-order chi connectivity index (χ1) is 4.41. The average Bonchev–Trinajstić information content (AvgIpc) is 1.89. The molecule has 2 nitrogen and oxygen atoms in total. The molecule has 0 bridgehead atoms. The van der Waals surface area contributed by atoms with Gasteiger partial charge < -0.3 is 9.47 Å². The fourth-order valence-corrected chi connectivity index (χ4v) is 0.405. The van der Waals surface area contributed by atoms with E-state index in [9.17, 15) is 0 Å². The maximum Gasteiger partial charge on any atom is 0.146 e. The summed E-state index contributed by atoms with van der Waals surface area (Å²) in [5.41, 5.74) is 0. The van der Waals surface area contributed by atoms with Gasteiger partial charge in [0.1, 0.15) is 6.79 Å². The van der Waals surface area contributed by atoms with E-state index in [-0.39, 0.29) is 0 Å². The molecule has 0 atom stereocenters. The van der Waals surface area contributed by atoms with Gasteiger partial charge in [-0.25, -0.2) is 0 Å². The molecule has 0 rings (SSSR count). The summed E-state index contributed by atoms with van der Waals surface area (Å²) in [5, 5.41) is 0. The van der Waals surface area contributed by atoms with E-state index in [0.29, 0.717) is 6.79 Å². The Hall–Kier alpha value is -0.0800. The van der Waals surface area contributed by atoms with Crippen molar-refractivity contribution in [3.8, 4) is 0 Å². The van der Waals surface area contributed by atoms with E-state index in [1.165, 1.54) is 0 Å². The van der Waals surface area contributed by atoms with Crippen molar-refractivity contribution in [2.75, 3.05) is 20.0 Å². The number of unbranched alkanes of at least 4 members (excludes halogenated alkanes) is 1. The molecule has 0 saturated carbocycles. The number of ether oxygens (including phenoxy) is 2. The smallest absolute Gasteiger partial charge is 0.146 e. The maximum atomic E-state index is 5.05. The van der Waals surface area contributed by atoms with Crippen molar-refractivity contribution < 1.29 is 9.47 Å². The van der Waals surface area contributed by atoms with Crippen molar-refractivity contribution >= 4 is 0 Å². The summed E-state index contributed by atoms with van der Waals surface area (Å²) in [6.07, 6.45) is 1.96. The Kier molecular flexibility index (Phi) is 7.85. The maximum absolute atomic E-state index is 5.05. The van der Waals surface area contributed by atoms with Crippen molar-refractivity contribution in [2.24, 2.45) is 0 Å². The van der Waals surface area contributed by atoms with Gasteiger partial charge in [0.25, 0.3) is 0 Å². The van der Waals surface area contributed by atoms with E-state index in [1.807, 2.05) is 6.92 Å². The largest absolute Gasteiger partial charge is 0.356 e. The fraction of sp³-hybridized carbons (Fsp3) is 0.857. The first-order valence-corrected chi connectivity index (χ1v) is 3.36. The van der Waals surface area contributed by atoms with Crippen LogP contribution in [0.3, 0.4) is 0 Å². The Morgan fingerprint density at radius 2 is 2.11 bits per heavy atom. The van der Waals surface area contributed by atoms with Crippen molar-refractivity contribution in [2.45, 2.75) is 19.8 Å². The molecular weight excluding hydrogens is 116 g/mol. The van der Waals surface area contributed by atoms with Crippen molar-refractivity contribution in [3.05, 3.63) is 6.92 Å². The van der Waals surface area contributed by atoms with Crippen LogP contribution in [0.2, 0.25) is 0 Å². The van der Waals surface area contributed by atoms with E-state index in [0.717, 1.165) is 26.1 Å².